The second-order valence-electron chi connectivity index (χ2n) is 6.89. The summed E-state index contributed by atoms with van der Waals surface area (Å²) < 4.78 is 13.3. The summed E-state index contributed by atoms with van der Waals surface area (Å²) >= 11 is 6.80. The van der Waals surface area contributed by atoms with Crippen molar-refractivity contribution in [1.82, 2.24) is 15.2 Å². The zero-order valence-electron chi connectivity index (χ0n) is 17.8. The SMILES string of the molecule is CCC(=O)Nc1ccccc1-c1nnc(SC(CC)C(=O)Nc2ccc(F)c(Cl)c2)[nH]c1=O. The first-order valence-corrected chi connectivity index (χ1v) is 11.4. The average Bonchev–Trinajstić information content (AvgIpc) is 2.80. The van der Waals surface area contributed by atoms with Crippen LogP contribution in [-0.2, 0) is 9.59 Å². The molecule has 1 heterocycles. The van der Waals surface area contributed by atoms with Crippen LogP contribution in [0.2, 0.25) is 5.02 Å². The maximum atomic E-state index is 13.3. The summed E-state index contributed by atoms with van der Waals surface area (Å²) in [6.07, 6.45) is 0.722. The van der Waals surface area contributed by atoms with E-state index in [0.717, 1.165) is 17.8 Å². The number of carbonyl (C=O) groups is 2. The molecule has 3 rings (SSSR count). The number of hydrogen-bond donors (Lipinski definition) is 3. The van der Waals surface area contributed by atoms with Crippen molar-refractivity contribution in [1.29, 1.82) is 0 Å². The van der Waals surface area contributed by atoms with Gasteiger partial charge in [-0.2, -0.15) is 0 Å². The second-order valence-corrected chi connectivity index (χ2v) is 8.49. The number of benzene rings is 2. The first-order valence-electron chi connectivity index (χ1n) is 10.1. The lowest BCUT2D eigenvalue weighted by atomic mass is 10.1. The van der Waals surface area contributed by atoms with Crippen LogP contribution in [-0.4, -0.2) is 32.2 Å². The fourth-order valence-corrected chi connectivity index (χ4v) is 3.86. The number of hydrogen-bond acceptors (Lipinski definition) is 6. The third-order valence-electron chi connectivity index (χ3n) is 4.56. The van der Waals surface area contributed by atoms with Gasteiger partial charge in [-0.15, -0.1) is 10.2 Å². The van der Waals surface area contributed by atoms with Gasteiger partial charge >= 0.3 is 0 Å². The predicted molar refractivity (Wildman–Crippen MR) is 127 cm³/mol. The molecule has 0 aliphatic heterocycles. The largest absolute Gasteiger partial charge is 0.325 e. The van der Waals surface area contributed by atoms with Gasteiger partial charge in [-0.25, -0.2) is 4.39 Å². The Morgan fingerprint density at radius 2 is 1.91 bits per heavy atom. The number of thioether (sulfide) groups is 1. The molecule has 8 nitrogen and oxygen atoms in total. The lowest BCUT2D eigenvalue weighted by Crippen LogP contribution is -2.25. The Kier molecular flexibility index (Phi) is 8.18. The van der Waals surface area contributed by atoms with Gasteiger partial charge in [-0.3, -0.25) is 19.4 Å². The van der Waals surface area contributed by atoms with Crippen LogP contribution in [0.3, 0.4) is 0 Å². The molecule has 0 spiro atoms. The Morgan fingerprint density at radius 3 is 2.58 bits per heavy atom. The number of para-hydroxylation sites is 1. The first-order chi connectivity index (χ1) is 15.8. The Morgan fingerprint density at radius 1 is 1.15 bits per heavy atom. The van der Waals surface area contributed by atoms with Crippen LogP contribution < -0.4 is 16.2 Å². The third-order valence-corrected chi connectivity index (χ3v) is 6.09. The summed E-state index contributed by atoms with van der Waals surface area (Å²) in [5.74, 6) is -1.14. The molecule has 1 atom stereocenters. The number of amides is 2. The molecule has 172 valence electrons. The summed E-state index contributed by atoms with van der Waals surface area (Å²) in [5.41, 5.74) is 0.776. The van der Waals surface area contributed by atoms with E-state index in [0.29, 0.717) is 23.4 Å². The van der Waals surface area contributed by atoms with Gasteiger partial charge in [-0.1, -0.05) is 55.4 Å². The quantitative estimate of drug-likeness (QED) is 0.401. The van der Waals surface area contributed by atoms with Gasteiger partial charge in [0.25, 0.3) is 5.56 Å². The number of halogens is 2. The Bertz CT molecular complexity index is 1240. The van der Waals surface area contributed by atoms with Crippen molar-refractivity contribution in [2.45, 2.75) is 37.1 Å². The summed E-state index contributed by atoms with van der Waals surface area (Å²) in [7, 11) is 0. The molecule has 0 radical (unpaired) electrons. The van der Waals surface area contributed by atoms with Crippen LogP contribution in [0.1, 0.15) is 26.7 Å². The molecule has 3 aromatic rings. The van der Waals surface area contributed by atoms with E-state index in [1.807, 2.05) is 0 Å². The van der Waals surface area contributed by atoms with Gasteiger partial charge in [0, 0.05) is 17.7 Å². The van der Waals surface area contributed by atoms with Crippen LogP contribution in [0.4, 0.5) is 15.8 Å². The zero-order valence-corrected chi connectivity index (χ0v) is 19.4. The maximum Gasteiger partial charge on any atom is 0.278 e. The smallest absolute Gasteiger partial charge is 0.278 e. The number of nitrogens with one attached hydrogen (secondary N) is 3. The minimum absolute atomic E-state index is 0.0461. The second kappa shape index (κ2) is 11.1. The molecule has 2 amide bonds. The lowest BCUT2D eigenvalue weighted by Gasteiger charge is -2.14. The van der Waals surface area contributed by atoms with E-state index in [1.54, 1.807) is 38.1 Å². The maximum absolute atomic E-state index is 13.3. The molecule has 33 heavy (non-hydrogen) atoms. The van der Waals surface area contributed by atoms with E-state index in [9.17, 15) is 18.8 Å². The Labute approximate surface area is 198 Å². The molecule has 2 aromatic carbocycles. The Hall–Kier alpha value is -3.24. The van der Waals surface area contributed by atoms with E-state index < -0.39 is 16.6 Å². The van der Waals surface area contributed by atoms with E-state index in [1.165, 1.54) is 12.1 Å². The van der Waals surface area contributed by atoms with Crippen LogP contribution in [0.5, 0.6) is 0 Å². The number of nitrogens with zero attached hydrogens (tertiary/aromatic N) is 2. The number of H-pyrrole nitrogens is 1. The molecular formula is C22H21ClFN5O3S. The number of aromatic nitrogens is 3. The van der Waals surface area contributed by atoms with E-state index in [2.05, 4.69) is 25.8 Å². The summed E-state index contributed by atoms with van der Waals surface area (Å²) in [6.45, 7) is 3.53. The van der Waals surface area contributed by atoms with E-state index >= 15 is 0 Å². The highest BCUT2D eigenvalue weighted by Crippen LogP contribution is 2.26. The van der Waals surface area contributed by atoms with Crippen LogP contribution in [0.15, 0.2) is 52.4 Å². The van der Waals surface area contributed by atoms with Crippen LogP contribution in [0, 0.1) is 5.82 Å². The summed E-state index contributed by atoms with van der Waals surface area (Å²) in [6, 6.07) is 10.7. The lowest BCUT2D eigenvalue weighted by molar-refractivity contribution is -0.116. The van der Waals surface area contributed by atoms with E-state index in [4.69, 9.17) is 11.6 Å². The van der Waals surface area contributed by atoms with Crippen molar-refractivity contribution in [3.63, 3.8) is 0 Å². The molecule has 0 bridgehead atoms. The van der Waals surface area contributed by atoms with Crippen molar-refractivity contribution in [2.75, 3.05) is 10.6 Å². The summed E-state index contributed by atoms with van der Waals surface area (Å²) in [5, 5.41) is 13.0. The summed E-state index contributed by atoms with van der Waals surface area (Å²) in [4.78, 5) is 39.8. The normalized spacial score (nSPS) is 11.6. The van der Waals surface area contributed by atoms with Crippen molar-refractivity contribution in [2.24, 2.45) is 0 Å². The first kappa shape index (κ1) is 24.4. The average molecular weight is 490 g/mol. The standard InChI is InChI=1S/C22H21ClFN5O3S/c1-3-17(20(31)25-12-9-10-15(24)14(23)11-12)33-22-27-21(32)19(28-29-22)13-7-5-6-8-16(13)26-18(30)4-2/h5-11,17H,3-4H2,1-2H3,(H,25,31)(H,26,30)(H,27,29,32). The minimum atomic E-state index is -0.597. The molecule has 0 saturated heterocycles. The third kappa shape index (κ3) is 6.17. The molecule has 0 aliphatic rings. The number of anilines is 2. The molecular weight excluding hydrogens is 469 g/mol. The van der Waals surface area contributed by atoms with Crippen molar-refractivity contribution < 1.29 is 14.0 Å². The number of carbonyl (C=O) groups excluding carboxylic acids is 2. The molecule has 0 aliphatic carbocycles. The molecule has 1 unspecified atom stereocenters. The minimum Gasteiger partial charge on any atom is -0.325 e. The number of rotatable bonds is 8. The van der Waals surface area contributed by atoms with Crippen LogP contribution >= 0.6 is 23.4 Å². The van der Waals surface area contributed by atoms with Gasteiger partial charge in [0.2, 0.25) is 11.8 Å². The van der Waals surface area contributed by atoms with Crippen molar-refractivity contribution in [3.8, 4) is 11.3 Å². The molecule has 0 fully saturated rings. The monoisotopic (exact) mass is 489 g/mol. The van der Waals surface area contributed by atoms with Crippen LogP contribution in [0.25, 0.3) is 11.3 Å². The van der Waals surface area contributed by atoms with Gasteiger partial charge in [0.15, 0.2) is 10.9 Å². The number of aromatic amines is 1. The highest BCUT2D eigenvalue weighted by molar-refractivity contribution is 8.00. The fourth-order valence-electron chi connectivity index (χ4n) is 2.84. The zero-order chi connectivity index (χ0) is 24.0. The van der Waals surface area contributed by atoms with Crippen molar-refractivity contribution in [3.05, 3.63) is 63.7 Å². The van der Waals surface area contributed by atoms with Gasteiger partial charge in [0.1, 0.15) is 5.82 Å². The highest BCUT2D eigenvalue weighted by atomic mass is 35.5. The van der Waals surface area contributed by atoms with E-state index in [-0.39, 0.29) is 34.1 Å². The van der Waals surface area contributed by atoms with Crippen molar-refractivity contribution >= 4 is 46.6 Å². The van der Waals surface area contributed by atoms with Gasteiger partial charge in [0.05, 0.1) is 16.0 Å². The van der Waals surface area contributed by atoms with Gasteiger partial charge < -0.3 is 10.6 Å². The van der Waals surface area contributed by atoms with Gasteiger partial charge in [-0.05, 0) is 30.7 Å². The Balaban J connectivity index is 1.78. The molecule has 11 heteroatoms. The topological polar surface area (TPSA) is 117 Å². The molecule has 0 saturated carbocycles. The molecule has 3 N–H and O–H groups in total. The highest BCUT2D eigenvalue weighted by Gasteiger charge is 2.21. The fraction of sp³-hybridized carbons (Fsp3) is 0.227. The predicted octanol–water partition coefficient (Wildman–Crippen LogP) is 4.48. The molecule has 1 aromatic heterocycles.